The molecule has 154 valence electrons. The van der Waals surface area contributed by atoms with Crippen molar-refractivity contribution < 1.29 is 13.9 Å². The number of hydrogen-bond donors (Lipinski definition) is 1. The molecule has 5 rings (SSSR count). The zero-order chi connectivity index (χ0) is 20.0. The van der Waals surface area contributed by atoms with Gasteiger partial charge in [0.05, 0.1) is 12.7 Å². The highest BCUT2D eigenvalue weighted by Gasteiger charge is 2.46. The van der Waals surface area contributed by atoms with Crippen LogP contribution in [0.2, 0.25) is 0 Å². The van der Waals surface area contributed by atoms with Crippen molar-refractivity contribution in [2.75, 3.05) is 20.2 Å². The number of carbonyl (C=O) groups excluding carboxylic acids is 1. The molecule has 0 saturated carbocycles. The number of hydrogen-bond acceptors (Lipinski definition) is 4. The third kappa shape index (κ3) is 3.16. The summed E-state index contributed by atoms with van der Waals surface area (Å²) in [6.45, 7) is 3.72. The van der Waals surface area contributed by atoms with Gasteiger partial charge in [-0.3, -0.25) is 4.79 Å². The first-order chi connectivity index (χ1) is 14.2. The lowest BCUT2D eigenvalue weighted by atomic mass is 9.87. The van der Waals surface area contributed by atoms with Gasteiger partial charge in [-0.1, -0.05) is 12.1 Å². The Kier molecular flexibility index (Phi) is 4.86. The molecule has 5 heteroatoms. The summed E-state index contributed by atoms with van der Waals surface area (Å²) in [5.74, 6) is 3.16. The predicted molar refractivity (Wildman–Crippen MR) is 112 cm³/mol. The summed E-state index contributed by atoms with van der Waals surface area (Å²) in [6.07, 6.45) is 6.40. The van der Waals surface area contributed by atoms with Gasteiger partial charge < -0.3 is 19.4 Å². The van der Waals surface area contributed by atoms with E-state index in [2.05, 4.69) is 22.3 Å². The molecule has 1 aromatic heterocycles. The molecule has 1 aromatic carbocycles. The molecule has 2 saturated heterocycles. The SMILES string of the molecule is COc1cccc([C@H]2CN(C(=O)c3c(C)oc4c3CCCC4)[C@@H]3CCCN[C@H]23)c1. The van der Waals surface area contributed by atoms with Gasteiger partial charge >= 0.3 is 0 Å². The van der Waals surface area contributed by atoms with Crippen LogP contribution in [0.1, 0.15) is 64.6 Å². The van der Waals surface area contributed by atoms with Crippen molar-refractivity contribution >= 4 is 5.91 Å². The molecule has 0 unspecified atom stereocenters. The third-order valence-corrected chi connectivity index (χ3v) is 7.04. The summed E-state index contributed by atoms with van der Waals surface area (Å²) >= 11 is 0. The van der Waals surface area contributed by atoms with Gasteiger partial charge in [0.25, 0.3) is 5.91 Å². The van der Waals surface area contributed by atoms with Gasteiger partial charge in [-0.2, -0.15) is 0 Å². The number of fused-ring (bicyclic) bond motifs is 2. The molecule has 3 atom stereocenters. The summed E-state index contributed by atoms with van der Waals surface area (Å²) in [6, 6.07) is 8.85. The van der Waals surface area contributed by atoms with Crippen LogP contribution in [0.5, 0.6) is 5.75 Å². The maximum atomic E-state index is 13.8. The predicted octanol–water partition coefficient (Wildman–Crippen LogP) is 3.84. The van der Waals surface area contributed by atoms with E-state index >= 15 is 0 Å². The minimum atomic E-state index is 0.165. The lowest BCUT2D eigenvalue weighted by Crippen LogP contribution is -2.49. The first-order valence-electron chi connectivity index (χ1n) is 11.0. The molecular weight excluding hydrogens is 364 g/mol. The van der Waals surface area contributed by atoms with Crippen molar-refractivity contribution in [1.82, 2.24) is 10.2 Å². The second-order valence-electron chi connectivity index (χ2n) is 8.67. The van der Waals surface area contributed by atoms with Crippen molar-refractivity contribution in [1.29, 1.82) is 0 Å². The van der Waals surface area contributed by atoms with Crippen LogP contribution in [-0.4, -0.2) is 43.1 Å². The normalized spacial score (nSPS) is 26.1. The van der Waals surface area contributed by atoms with E-state index in [4.69, 9.17) is 9.15 Å². The Hall–Kier alpha value is -2.27. The number of carbonyl (C=O) groups is 1. The van der Waals surface area contributed by atoms with Crippen molar-refractivity contribution in [3.63, 3.8) is 0 Å². The average molecular weight is 395 g/mol. The molecule has 5 nitrogen and oxygen atoms in total. The van der Waals surface area contributed by atoms with Gasteiger partial charge in [0, 0.05) is 36.5 Å². The highest BCUT2D eigenvalue weighted by Crippen LogP contribution is 2.39. The van der Waals surface area contributed by atoms with Crippen molar-refractivity contribution in [2.24, 2.45) is 0 Å². The lowest BCUT2D eigenvalue weighted by Gasteiger charge is -2.33. The highest BCUT2D eigenvalue weighted by molar-refractivity contribution is 5.97. The average Bonchev–Trinajstić information content (AvgIpc) is 3.31. The maximum Gasteiger partial charge on any atom is 0.258 e. The Bertz CT molecular complexity index is 919. The number of nitrogens with zero attached hydrogens (tertiary/aromatic N) is 1. The molecule has 0 bridgehead atoms. The van der Waals surface area contributed by atoms with Gasteiger partial charge in [-0.15, -0.1) is 0 Å². The quantitative estimate of drug-likeness (QED) is 0.860. The first kappa shape index (κ1) is 18.7. The molecule has 2 aliphatic heterocycles. The number of piperidine rings is 1. The second-order valence-corrected chi connectivity index (χ2v) is 8.67. The van der Waals surface area contributed by atoms with Crippen LogP contribution >= 0.6 is 0 Å². The summed E-state index contributed by atoms with van der Waals surface area (Å²) in [5.41, 5.74) is 3.26. The maximum absolute atomic E-state index is 13.8. The second kappa shape index (κ2) is 7.52. The van der Waals surface area contributed by atoms with Gasteiger partial charge in [-0.05, 0) is 63.3 Å². The number of aryl methyl sites for hydroxylation is 2. The minimum absolute atomic E-state index is 0.165. The molecule has 3 aliphatic rings. The van der Waals surface area contributed by atoms with Crippen molar-refractivity contribution in [2.45, 2.75) is 63.5 Å². The van der Waals surface area contributed by atoms with Gasteiger partial charge in [0.1, 0.15) is 17.3 Å². The van der Waals surface area contributed by atoms with Crippen LogP contribution in [0.15, 0.2) is 28.7 Å². The Morgan fingerprint density at radius 3 is 2.97 bits per heavy atom. The minimum Gasteiger partial charge on any atom is -0.497 e. The van der Waals surface area contributed by atoms with E-state index in [0.29, 0.717) is 6.04 Å². The van der Waals surface area contributed by atoms with Gasteiger partial charge in [-0.25, -0.2) is 0 Å². The van der Waals surface area contributed by atoms with Crippen LogP contribution in [0, 0.1) is 6.92 Å². The number of benzene rings is 1. The molecule has 29 heavy (non-hydrogen) atoms. The number of ether oxygens (including phenoxy) is 1. The van der Waals surface area contributed by atoms with E-state index in [1.54, 1.807) is 7.11 Å². The molecule has 1 N–H and O–H groups in total. The van der Waals surface area contributed by atoms with E-state index in [-0.39, 0.29) is 17.9 Å². The van der Waals surface area contributed by atoms with Crippen molar-refractivity contribution in [3.05, 3.63) is 52.5 Å². The smallest absolute Gasteiger partial charge is 0.258 e. The van der Waals surface area contributed by atoms with Crippen LogP contribution < -0.4 is 10.1 Å². The van der Waals surface area contributed by atoms with Crippen molar-refractivity contribution in [3.8, 4) is 5.75 Å². The van der Waals surface area contributed by atoms with Crippen LogP contribution in [-0.2, 0) is 12.8 Å². The molecule has 3 heterocycles. The number of nitrogens with one attached hydrogen (secondary N) is 1. The first-order valence-corrected chi connectivity index (χ1v) is 11.0. The van der Waals surface area contributed by atoms with E-state index in [9.17, 15) is 4.79 Å². The number of furan rings is 1. The Balaban J connectivity index is 1.49. The van der Waals surface area contributed by atoms with E-state index < -0.39 is 0 Å². The van der Waals surface area contributed by atoms with Crippen LogP contribution in [0.4, 0.5) is 0 Å². The third-order valence-electron chi connectivity index (χ3n) is 7.04. The number of methoxy groups -OCH3 is 1. The zero-order valence-corrected chi connectivity index (χ0v) is 17.4. The topological polar surface area (TPSA) is 54.7 Å². The molecule has 1 aliphatic carbocycles. The standard InChI is InChI=1S/C24H30N2O3/c1-15-22(18-9-3-4-11-21(18)29-15)24(27)26-14-19(23-20(26)10-6-12-25-23)16-7-5-8-17(13-16)28-2/h5,7-8,13,19-20,23,25H,3-4,6,9-12,14H2,1-2H3/t19-,20-,23-/m1/s1. The summed E-state index contributed by atoms with van der Waals surface area (Å²) in [5, 5.41) is 3.72. The van der Waals surface area contributed by atoms with Gasteiger partial charge in [0.2, 0.25) is 0 Å². The fourth-order valence-corrected chi connectivity index (χ4v) is 5.66. The monoisotopic (exact) mass is 394 g/mol. The number of likely N-dealkylation sites (tertiary alicyclic amines) is 1. The summed E-state index contributed by atoms with van der Waals surface area (Å²) in [4.78, 5) is 15.9. The molecule has 2 fully saturated rings. The largest absolute Gasteiger partial charge is 0.497 e. The molecule has 0 spiro atoms. The fourth-order valence-electron chi connectivity index (χ4n) is 5.66. The Morgan fingerprint density at radius 2 is 2.10 bits per heavy atom. The van der Waals surface area contributed by atoms with Gasteiger partial charge in [0.15, 0.2) is 0 Å². The number of rotatable bonds is 3. The van der Waals surface area contributed by atoms with E-state index in [1.165, 1.54) is 11.1 Å². The van der Waals surface area contributed by atoms with Crippen LogP contribution in [0.3, 0.4) is 0 Å². The Labute approximate surface area is 172 Å². The zero-order valence-electron chi connectivity index (χ0n) is 17.4. The summed E-state index contributed by atoms with van der Waals surface area (Å²) < 4.78 is 11.5. The fraction of sp³-hybridized carbons (Fsp3) is 0.542. The molecule has 2 aromatic rings. The lowest BCUT2D eigenvalue weighted by molar-refractivity contribution is 0.0702. The van der Waals surface area contributed by atoms with E-state index in [0.717, 1.165) is 74.4 Å². The van der Waals surface area contributed by atoms with E-state index in [1.807, 2.05) is 19.1 Å². The summed E-state index contributed by atoms with van der Waals surface area (Å²) in [7, 11) is 1.70. The molecule has 0 radical (unpaired) electrons. The number of amides is 1. The Morgan fingerprint density at radius 1 is 1.24 bits per heavy atom. The molecular formula is C24H30N2O3. The van der Waals surface area contributed by atoms with Crippen LogP contribution in [0.25, 0.3) is 0 Å². The highest BCUT2D eigenvalue weighted by atomic mass is 16.5. The molecule has 1 amide bonds.